The van der Waals surface area contributed by atoms with Crippen LogP contribution < -0.4 is 0 Å². The van der Waals surface area contributed by atoms with Crippen LogP contribution in [0.5, 0.6) is 0 Å². The van der Waals surface area contributed by atoms with Gasteiger partial charge in [-0.05, 0) is 32.1 Å². The third-order valence-electron chi connectivity index (χ3n) is 4.62. The summed E-state index contributed by atoms with van der Waals surface area (Å²) in [6.07, 6.45) is 8.82. The Labute approximate surface area is 135 Å². The highest BCUT2D eigenvalue weighted by molar-refractivity contribution is 8.14. The van der Waals surface area contributed by atoms with Crippen LogP contribution in [-0.4, -0.2) is 46.4 Å². The van der Waals surface area contributed by atoms with Crippen LogP contribution in [0.4, 0.5) is 4.79 Å². The average molecular weight is 321 g/mol. The first-order chi connectivity index (χ1) is 10.7. The summed E-state index contributed by atoms with van der Waals surface area (Å²) in [7, 11) is 0. The van der Waals surface area contributed by atoms with Crippen molar-refractivity contribution in [1.82, 2.24) is 4.90 Å². The van der Waals surface area contributed by atoms with Gasteiger partial charge in [0.15, 0.2) is 0 Å². The van der Waals surface area contributed by atoms with Crippen molar-refractivity contribution in [3.05, 3.63) is 0 Å². The summed E-state index contributed by atoms with van der Waals surface area (Å²) in [6, 6.07) is -0.391. The standard InChI is InChI=1S/C16H23N3O2S/c20-14(19-9-5-1-2-6-10-19)11-22-15-12-7-3-4-8-13(12)17-16(21)18-15/h12H,1-11H2. The van der Waals surface area contributed by atoms with E-state index in [9.17, 15) is 9.59 Å². The monoisotopic (exact) mass is 321 g/mol. The number of urea groups is 1. The summed E-state index contributed by atoms with van der Waals surface area (Å²) in [6.45, 7) is 1.75. The molecule has 2 fully saturated rings. The van der Waals surface area contributed by atoms with Gasteiger partial charge in [-0.1, -0.05) is 31.0 Å². The van der Waals surface area contributed by atoms with Crippen molar-refractivity contribution >= 4 is 34.5 Å². The van der Waals surface area contributed by atoms with Crippen molar-refractivity contribution in [2.75, 3.05) is 18.8 Å². The van der Waals surface area contributed by atoms with Gasteiger partial charge in [0.2, 0.25) is 5.91 Å². The molecule has 0 spiro atoms. The van der Waals surface area contributed by atoms with E-state index >= 15 is 0 Å². The van der Waals surface area contributed by atoms with Crippen molar-refractivity contribution < 1.29 is 9.59 Å². The van der Waals surface area contributed by atoms with Gasteiger partial charge in [0.25, 0.3) is 0 Å². The first-order valence-electron chi connectivity index (χ1n) is 8.34. The van der Waals surface area contributed by atoms with E-state index in [1.165, 1.54) is 24.6 Å². The van der Waals surface area contributed by atoms with Crippen LogP contribution in [0.2, 0.25) is 0 Å². The lowest BCUT2D eigenvalue weighted by molar-refractivity contribution is -0.128. The number of hydrogen-bond acceptors (Lipinski definition) is 3. The van der Waals surface area contributed by atoms with E-state index in [-0.39, 0.29) is 11.8 Å². The molecule has 120 valence electrons. The van der Waals surface area contributed by atoms with Gasteiger partial charge < -0.3 is 4.90 Å². The van der Waals surface area contributed by atoms with Crippen molar-refractivity contribution in [2.24, 2.45) is 15.9 Å². The van der Waals surface area contributed by atoms with Crippen molar-refractivity contribution in [1.29, 1.82) is 0 Å². The molecule has 1 aliphatic carbocycles. The highest BCUT2D eigenvalue weighted by Crippen LogP contribution is 2.30. The second-order valence-electron chi connectivity index (χ2n) is 6.22. The van der Waals surface area contributed by atoms with Crippen molar-refractivity contribution in [2.45, 2.75) is 51.4 Å². The molecule has 0 radical (unpaired) electrons. The summed E-state index contributed by atoms with van der Waals surface area (Å²) >= 11 is 1.45. The molecule has 0 bridgehead atoms. The Morgan fingerprint density at radius 2 is 1.86 bits per heavy atom. The molecule has 3 aliphatic rings. The van der Waals surface area contributed by atoms with Gasteiger partial charge >= 0.3 is 6.03 Å². The molecule has 22 heavy (non-hydrogen) atoms. The molecule has 6 heteroatoms. The number of hydrogen-bond donors (Lipinski definition) is 0. The van der Waals surface area contributed by atoms with Gasteiger partial charge in [-0.15, -0.1) is 0 Å². The van der Waals surface area contributed by atoms with Gasteiger partial charge in [-0.2, -0.15) is 4.99 Å². The SMILES string of the molecule is O=C1N=C2CCCCC2C(SCC(=O)N2CCCCCC2)=N1. The van der Waals surface area contributed by atoms with E-state index in [0.717, 1.165) is 62.4 Å². The van der Waals surface area contributed by atoms with Crippen LogP contribution in [0.15, 0.2) is 9.98 Å². The zero-order valence-corrected chi connectivity index (χ0v) is 13.7. The second kappa shape index (κ2) is 7.40. The van der Waals surface area contributed by atoms with Crippen molar-refractivity contribution in [3.8, 4) is 0 Å². The molecule has 2 aliphatic heterocycles. The van der Waals surface area contributed by atoms with Crippen LogP contribution >= 0.6 is 11.8 Å². The lowest BCUT2D eigenvalue weighted by Crippen LogP contribution is -2.35. The van der Waals surface area contributed by atoms with E-state index in [2.05, 4.69) is 9.98 Å². The molecule has 1 saturated carbocycles. The molecule has 0 aromatic rings. The number of amides is 3. The number of rotatable bonds is 2. The van der Waals surface area contributed by atoms with E-state index in [4.69, 9.17) is 0 Å². The van der Waals surface area contributed by atoms with Gasteiger partial charge in [0.1, 0.15) is 0 Å². The molecular weight excluding hydrogens is 298 g/mol. The van der Waals surface area contributed by atoms with Gasteiger partial charge in [-0.25, -0.2) is 9.79 Å². The quantitative estimate of drug-likeness (QED) is 0.784. The fourth-order valence-electron chi connectivity index (χ4n) is 3.40. The van der Waals surface area contributed by atoms with E-state index in [1.54, 1.807) is 0 Å². The largest absolute Gasteiger partial charge is 0.367 e. The van der Waals surface area contributed by atoms with Gasteiger partial charge in [0, 0.05) is 24.7 Å². The summed E-state index contributed by atoms with van der Waals surface area (Å²) in [4.78, 5) is 34.1. The Morgan fingerprint density at radius 1 is 1.09 bits per heavy atom. The smallest absolute Gasteiger partial charge is 0.342 e. The summed E-state index contributed by atoms with van der Waals surface area (Å²) < 4.78 is 0. The van der Waals surface area contributed by atoms with Crippen LogP contribution in [0.1, 0.15) is 51.4 Å². The molecule has 0 N–H and O–H groups in total. The first kappa shape index (κ1) is 15.7. The minimum atomic E-state index is -0.391. The predicted octanol–water partition coefficient (Wildman–Crippen LogP) is 3.29. The summed E-state index contributed by atoms with van der Waals surface area (Å²) in [5, 5.41) is 0.817. The minimum absolute atomic E-state index is 0.182. The number of aliphatic imine (C=N–C) groups is 2. The molecule has 1 saturated heterocycles. The normalized spacial score (nSPS) is 25.9. The highest BCUT2D eigenvalue weighted by atomic mass is 32.2. The number of carbonyl (C=O) groups is 2. The molecule has 3 rings (SSSR count). The Morgan fingerprint density at radius 3 is 2.64 bits per heavy atom. The first-order valence-corrected chi connectivity index (χ1v) is 9.33. The molecule has 5 nitrogen and oxygen atoms in total. The Bertz CT molecular complexity index is 508. The van der Waals surface area contributed by atoms with Gasteiger partial charge in [0.05, 0.1) is 10.8 Å². The fraction of sp³-hybridized carbons (Fsp3) is 0.750. The Hall–Kier alpha value is -1.17. The minimum Gasteiger partial charge on any atom is -0.342 e. The zero-order chi connectivity index (χ0) is 15.4. The van der Waals surface area contributed by atoms with Crippen LogP contribution in [0, 0.1) is 5.92 Å². The predicted molar refractivity (Wildman–Crippen MR) is 89.7 cm³/mol. The zero-order valence-electron chi connectivity index (χ0n) is 12.9. The van der Waals surface area contributed by atoms with Crippen LogP contribution in [0.3, 0.4) is 0 Å². The number of thioether (sulfide) groups is 1. The maximum atomic E-state index is 12.4. The molecular formula is C16H23N3O2S. The Kier molecular flexibility index (Phi) is 5.28. The van der Waals surface area contributed by atoms with E-state index in [1.807, 2.05) is 4.90 Å². The van der Waals surface area contributed by atoms with E-state index < -0.39 is 6.03 Å². The highest BCUT2D eigenvalue weighted by Gasteiger charge is 2.31. The number of nitrogens with zero attached hydrogens (tertiary/aromatic N) is 3. The third kappa shape index (κ3) is 3.77. The van der Waals surface area contributed by atoms with E-state index in [0.29, 0.717) is 5.75 Å². The molecule has 3 amide bonds. The summed E-state index contributed by atoms with van der Waals surface area (Å²) in [5.74, 6) is 0.769. The molecule has 0 aromatic carbocycles. The molecule has 2 heterocycles. The Balaban J connectivity index is 1.58. The summed E-state index contributed by atoms with van der Waals surface area (Å²) in [5.41, 5.74) is 0.982. The third-order valence-corrected chi connectivity index (χ3v) is 5.69. The van der Waals surface area contributed by atoms with Crippen LogP contribution in [-0.2, 0) is 4.79 Å². The maximum Gasteiger partial charge on any atom is 0.367 e. The lowest BCUT2D eigenvalue weighted by Gasteiger charge is -2.27. The fourth-order valence-corrected chi connectivity index (χ4v) is 4.45. The van der Waals surface area contributed by atoms with Crippen LogP contribution in [0.25, 0.3) is 0 Å². The second-order valence-corrected chi connectivity index (χ2v) is 7.21. The molecule has 1 unspecified atom stereocenters. The van der Waals surface area contributed by atoms with Crippen molar-refractivity contribution in [3.63, 3.8) is 0 Å². The van der Waals surface area contributed by atoms with Gasteiger partial charge in [-0.3, -0.25) is 4.79 Å². The lowest BCUT2D eigenvalue weighted by atomic mass is 9.87. The molecule has 0 aromatic heterocycles. The number of likely N-dealkylation sites (tertiary alicyclic amines) is 1. The molecule has 1 atom stereocenters. The topological polar surface area (TPSA) is 62.1 Å². The number of carbonyl (C=O) groups excluding carboxylic acids is 2. The average Bonchev–Trinajstić information content (AvgIpc) is 2.81. The number of fused-ring (bicyclic) bond motifs is 1. The maximum absolute atomic E-state index is 12.4.